The topological polar surface area (TPSA) is 22.1 Å². The summed E-state index contributed by atoms with van der Waals surface area (Å²) in [5, 5.41) is 1.23. The molecule has 0 N–H and O–H groups in total. The van der Waals surface area contributed by atoms with Crippen molar-refractivity contribution in [2.75, 3.05) is 7.11 Å². The van der Waals surface area contributed by atoms with Crippen molar-refractivity contribution in [3.8, 4) is 5.75 Å². The molecule has 0 spiro atoms. The summed E-state index contributed by atoms with van der Waals surface area (Å²) in [7, 11) is 1.70. The largest absolute Gasteiger partial charge is 0.497 e. The highest BCUT2D eigenvalue weighted by Crippen LogP contribution is 2.27. The Morgan fingerprint density at radius 1 is 1.12 bits per heavy atom. The Morgan fingerprint density at radius 2 is 1.82 bits per heavy atom. The average molecular weight is 229 g/mol. The summed E-state index contributed by atoms with van der Waals surface area (Å²) < 4.78 is 5.30. The second-order valence-corrected chi connectivity index (χ2v) is 4.24. The van der Waals surface area contributed by atoms with Crippen LogP contribution in [-0.2, 0) is 12.8 Å². The number of ether oxygens (including phenoxy) is 1. The molecule has 0 bridgehead atoms. The lowest BCUT2D eigenvalue weighted by molar-refractivity contribution is 0.415. The molecule has 0 unspecified atom stereocenters. The summed E-state index contributed by atoms with van der Waals surface area (Å²) in [5.74, 6) is 0.903. The van der Waals surface area contributed by atoms with Crippen molar-refractivity contribution in [1.82, 2.24) is 4.98 Å². The van der Waals surface area contributed by atoms with Gasteiger partial charge in [-0.3, -0.25) is 4.98 Å². The fourth-order valence-electron chi connectivity index (χ4n) is 2.48. The molecular formula is C15H19NO. The molecule has 0 saturated heterocycles. The molecule has 0 fully saturated rings. The summed E-state index contributed by atoms with van der Waals surface area (Å²) in [5.41, 5.74) is 5.02. The molecule has 90 valence electrons. The Morgan fingerprint density at radius 3 is 2.41 bits per heavy atom. The first kappa shape index (κ1) is 11.9. The number of rotatable bonds is 3. The quantitative estimate of drug-likeness (QED) is 0.801. The molecule has 0 saturated carbocycles. The van der Waals surface area contributed by atoms with E-state index in [1.165, 1.54) is 16.5 Å². The number of aryl methyl sites for hydroxylation is 2. The lowest BCUT2D eigenvalue weighted by Crippen LogP contribution is -2.00. The zero-order valence-electron chi connectivity index (χ0n) is 11.0. The maximum Gasteiger partial charge on any atom is 0.119 e. The van der Waals surface area contributed by atoms with Gasteiger partial charge in [0.2, 0.25) is 0 Å². The minimum Gasteiger partial charge on any atom is -0.497 e. The van der Waals surface area contributed by atoms with Crippen molar-refractivity contribution in [3.05, 3.63) is 35.0 Å². The Balaban J connectivity index is 2.80. The molecule has 1 aromatic heterocycles. The summed E-state index contributed by atoms with van der Waals surface area (Å²) in [6.45, 7) is 6.49. The first-order chi connectivity index (χ1) is 8.21. The van der Waals surface area contributed by atoms with Crippen LogP contribution in [-0.4, -0.2) is 12.1 Å². The fraction of sp³-hybridized carbons (Fsp3) is 0.400. The summed E-state index contributed by atoms with van der Waals surface area (Å²) in [6, 6.07) is 6.11. The Labute approximate surface area is 103 Å². The third kappa shape index (κ3) is 1.99. The van der Waals surface area contributed by atoms with Gasteiger partial charge < -0.3 is 4.74 Å². The number of hydrogen-bond donors (Lipinski definition) is 0. The predicted molar refractivity (Wildman–Crippen MR) is 71.8 cm³/mol. The molecule has 2 heteroatoms. The van der Waals surface area contributed by atoms with Crippen molar-refractivity contribution in [1.29, 1.82) is 0 Å². The highest BCUT2D eigenvalue weighted by Gasteiger charge is 2.10. The summed E-state index contributed by atoms with van der Waals surface area (Å²) >= 11 is 0. The summed E-state index contributed by atoms with van der Waals surface area (Å²) in [6.07, 6.45) is 2.07. The molecule has 0 aliphatic heterocycles. The van der Waals surface area contributed by atoms with E-state index in [0.717, 1.165) is 29.8 Å². The van der Waals surface area contributed by atoms with Crippen LogP contribution in [0.1, 0.15) is 30.7 Å². The van der Waals surface area contributed by atoms with Crippen LogP contribution < -0.4 is 4.74 Å². The average Bonchev–Trinajstić information content (AvgIpc) is 2.36. The standard InChI is InChI=1S/C15H19NO/c1-5-12-10(3)16-15-8-7-11(17-4)9-14(15)13(12)6-2/h7-9H,5-6H2,1-4H3. The van der Waals surface area contributed by atoms with Gasteiger partial charge in [0.05, 0.1) is 12.6 Å². The Kier molecular flexibility index (Phi) is 3.32. The van der Waals surface area contributed by atoms with Crippen molar-refractivity contribution < 1.29 is 4.74 Å². The predicted octanol–water partition coefficient (Wildman–Crippen LogP) is 3.68. The highest BCUT2D eigenvalue weighted by molar-refractivity contribution is 5.85. The van der Waals surface area contributed by atoms with E-state index in [9.17, 15) is 0 Å². The van der Waals surface area contributed by atoms with Gasteiger partial charge in [-0.05, 0) is 49.1 Å². The van der Waals surface area contributed by atoms with E-state index in [-0.39, 0.29) is 0 Å². The molecular weight excluding hydrogens is 210 g/mol. The zero-order valence-corrected chi connectivity index (χ0v) is 11.0. The maximum atomic E-state index is 5.30. The minimum atomic E-state index is 0.903. The Hall–Kier alpha value is -1.57. The van der Waals surface area contributed by atoms with Crippen LogP contribution in [0.15, 0.2) is 18.2 Å². The van der Waals surface area contributed by atoms with Crippen molar-refractivity contribution in [2.45, 2.75) is 33.6 Å². The number of fused-ring (bicyclic) bond motifs is 1. The van der Waals surface area contributed by atoms with Gasteiger partial charge in [0.15, 0.2) is 0 Å². The van der Waals surface area contributed by atoms with Crippen molar-refractivity contribution >= 4 is 10.9 Å². The first-order valence-corrected chi connectivity index (χ1v) is 6.17. The van der Waals surface area contributed by atoms with Crippen LogP contribution in [0.3, 0.4) is 0 Å². The van der Waals surface area contributed by atoms with Crippen molar-refractivity contribution in [3.63, 3.8) is 0 Å². The van der Waals surface area contributed by atoms with E-state index in [1.807, 2.05) is 12.1 Å². The lowest BCUT2D eigenvalue weighted by atomic mass is 9.97. The number of pyridine rings is 1. The zero-order chi connectivity index (χ0) is 12.4. The molecule has 1 heterocycles. The number of benzene rings is 1. The fourth-order valence-corrected chi connectivity index (χ4v) is 2.48. The van der Waals surface area contributed by atoms with Crippen LogP contribution in [0, 0.1) is 6.92 Å². The number of methoxy groups -OCH3 is 1. The maximum absolute atomic E-state index is 5.30. The lowest BCUT2D eigenvalue weighted by Gasteiger charge is -2.13. The van der Waals surface area contributed by atoms with Gasteiger partial charge in [-0.25, -0.2) is 0 Å². The van der Waals surface area contributed by atoms with Gasteiger partial charge >= 0.3 is 0 Å². The normalized spacial score (nSPS) is 10.8. The van der Waals surface area contributed by atoms with Crippen LogP contribution in [0.5, 0.6) is 5.75 Å². The van der Waals surface area contributed by atoms with Gasteiger partial charge in [0.25, 0.3) is 0 Å². The number of nitrogens with zero attached hydrogens (tertiary/aromatic N) is 1. The van der Waals surface area contributed by atoms with E-state index in [1.54, 1.807) is 7.11 Å². The van der Waals surface area contributed by atoms with Crippen molar-refractivity contribution in [2.24, 2.45) is 0 Å². The van der Waals surface area contributed by atoms with Gasteiger partial charge in [-0.2, -0.15) is 0 Å². The van der Waals surface area contributed by atoms with E-state index >= 15 is 0 Å². The Bertz CT molecular complexity index is 546. The third-order valence-electron chi connectivity index (χ3n) is 3.33. The summed E-state index contributed by atoms with van der Waals surface area (Å²) in [4.78, 5) is 4.67. The van der Waals surface area contributed by atoms with Crippen LogP contribution >= 0.6 is 0 Å². The van der Waals surface area contributed by atoms with Gasteiger partial charge in [0.1, 0.15) is 5.75 Å². The first-order valence-electron chi connectivity index (χ1n) is 6.17. The van der Waals surface area contributed by atoms with Crippen LogP contribution in [0.4, 0.5) is 0 Å². The van der Waals surface area contributed by atoms with E-state index in [2.05, 4.69) is 31.8 Å². The smallest absolute Gasteiger partial charge is 0.119 e. The SMILES string of the molecule is CCc1c(C)nc2ccc(OC)cc2c1CC. The molecule has 17 heavy (non-hydrogen) atoms. The number of aromatic nitrogens is 1. The van der Waals surface area contributed by atoms with Crippen LogP contribution in [0.25, 0.3) is 10.9 Å². The molecule has 2 aromatic rings. The second-order valence-electron chi connectivity index (χ2n) is 4.24. The van der Waals surface area contributed by atoms with Gasteiger partial charge in [0, 0.05) is 11.1 Å². The minimum absolute atomic E-state index is 0.903. The molecule has 0 radical (unpaired) electrons. The van der Waals surface area contributed by atoms with Gasteiger partial charge in [-0.1, -0.05) is 13.8 Å². The molecule has 0 amide bonds. The molecule has 0 aliphatic carbocycles. The third-order valence-corrected chi connectivity index (χ3v) is 3.33. The van der Waals surface area contributed by atoms with E-state index < -0.39 is 0 Å². The van der Waals surface area contributed by atoms with E-state index in [4.69, 9.17) is 4.74 Å². The highest BCUT2D eigenvalue weighted by atomic mass is 16.5. The molecule has 1 aromatic carbocycles. The molecule has 0 atom stereocenters. The molecule has 0 aliphatic rings. The number of hydrogen-bond acceptors (Lipinski definition) is 2. The van der Waals surface area contributed by atoms with Gasteiger partial charge in [-0.15, -0.1) is 0 Å². The van der Waals surface area contributed by atoms with Crippen LogP contribution in [0.2, 0.25) is 0 Å². The molecule has 2 nitrogen and oxygen atoms in total. The van der Waals surface area contributed by atoms with E-state index in [0.29, 0.717) is 0 Å². The monoisotopic (exact) mass is 229 g/mol. The second kappa shape index (κ2) is 4.74. The molecule has 2 rings (SSSR count).